The van der Waals surface area contributed by atoms with Gasteiger partial charge in [-0.15, -0.1) is 13.9 Å². The molecule has 0 aromatic heterocycles. The molecular weight excluding hydrogens is 527 g/mol. The molecule has 0 saturated carbocycles. The normalized spacial score (nSPS) is 59.2. The molecule has 8 aliphatic rings. The second-order valence-corrected chi connectivity index (χ2v) is 11.7. The van der Waals surface area contributed by atoms with Crippen molar-refractivity contribution in [3.63, 3.8) is 0 Å². The molecule has 3 N–H and O–H groups in total. The lowest BCUT2D eigenvalue weighted by Crippen LogP contribution is -2.70. The van der Waals surface area contributed by atoms with Gasteiger partial charge in [-0.05, 0) is 0 Å². The standard InChI is InChI=1S/C10H8N3O17P3/c14-1-3-4-11-2-12-5(3)20-32(18)28-13(4)29-33(19)25-8(16)9(26-33,23-30-32)7-6(15)21-31(17,24-7)27-10(8,12)22-7/h6,14-16H,1-2H2/t6?,7-,8-,9-,10?,31?,32?,33?/m1/s1. The van der Waals surface area contributed by atoms with Gasteiger partial charge in [0.15, 0.2) is 5.84 Å². The SMILES string of the molecule is O=P12OO[C@@]34OP5(=O)ON(O1)C1=NCN(C(=C1CO)O2)C1(O[C@]32OP(=O)(OC2O)O1)[C@]4(O)O5. The molecule has 8 aliphatic heterocycles. The van der Waals surface area contributed by atoms with E-state index in [1.807, 2.05) is 0 Å². The van der Waals surface area contributed by atoms with Gasteiger partial charge in [0.05, 0.1) is 12.2 Å². The number of hydrogen-bond donors (Lipinski definition) is 3. The molecule has 6 saturated heterocycles. The fourth-order valence-corrected chi connectivity index (χ4v) is 8.78. The van der Waals surface area contributed by atoms with Gasteiger partial charge in [-0.2, -0.15) is 4.89 Å². The quantitative estimate of drug-likeness (QED) is 0.258. The van der Waals surface area contributed by atoms with Crippen LogP contribution < -0.4 is 0 Å². The monoisotopic (exact) mass is 535 g/mol. The van der Waals surface area contributed by atoms with E-state index in [4.69, 9.17) is 50.7 Å². The van der Waals surface area contributed by atoms with Gasteiger partial charge in [0.2, 0.25) is 12.2 Å². The molecule has 20 nitrogen and oxygen atoms in total. The van der Waals surface area contributed by atoms with Crippen molar-refractivity contribution in [3.8, 4) is 0 Å². The van der Waals surface area contributed by atoms with E-state index < -0.39 is 78.0 Å². The fraction of sp³-hybridized carbons (Fsp3) is 0.700. The number of phosphoric acid groups is 3. The van der Waals surface area contributed by atoms with Crippen LogP contribution in [0.4, 0.5) is 0 Å². The third kappa shape index (κ3) is 1.87. The number of hydrogen-bond acceptors (Lipinski definition) is 20. The molecule has 0 radical (unpaired) electrons. The number of rotatable bonds is 1. The Bertz CT molecular complexity index is 1270. The van der Waals surface area contributed by atoms with Crippen molar-refractivity contribution in [2.45, 2.75) is 29.6 Å². The van der Waals surface area contributed by atoms with Crippen LogP contribution in [0, 0.1) is 0 Å². The number of aliphatic hydroxyl groups is 3. The van der Waals surface area contributed by atoms with Crippen LogP contribution in [0.5, 0.6) is 0 Å². The van der Waals surface area contributed by atoms with Crippen LogP contribution in [-0.4, -0.2) is 74.1 Å². The number of fused-ring (bicyclic) bond motifs is 6. The summed E-state index contributed by atoms with van der Waals surface area (Å²) in [4.78, 5) is 9.84. The summed E-state index contributed by atoms with van der Waals surface area (Å²) in [6, 6.07) is 0. The molecule has 23 heteroatoms. The Balaban J connectivity index is 1.55. The van der Waals surface area contributed by atoms with Crippen molar-refractivity contribution in [3.05, 3.63) is 11.5 Å². The van der Waals surface area contributed by atoms with E-state index in [2.05, 4.69) is 4.99 Å². The number of amidine groups is 1. The molecule has 8 atom stereocenters. The lowest BCUT2D eigenvalue weighted by Gasteiger charge is -2.47. The van der Waals surface area contributed by atoms with Crippen LogP contribution in [0.25, 0.3) is 0 Å². The van der Waals surface area contributed by atoms with Crippen LogP contribution in [-0.2, 0) is 64.4 Å². The molecule has 0 amide bonds. The highest BCUT2D eigenvalue weighted by Crippen LogP contribution is 2.85. The largest absolute Gasteiger partial charge is 0.583 e. The van der Waals surface area contributed by atoms with Crippen LogP contribution in [0.2, 0.25) is 0 Å². The van der Waals surface area contributed by atoms with Gasteiger partial charge in [0.1, 0.15) is 6.67 Å². The fourth-order valence-electron chi connectivity index (χ4n) is 4.52. The van der Waals surface area contributed by atoms with Crippen LogP contribution in [0.3, 0.4) is 0 Å². The molecular formula is C10H8N3O17P3. The predicted molar refractivity (Wildman–Crippen MR) is 84.0 cm³/mol. The van der Waals surface area contributed by atoms with Gasteiger partial charge >= 0.3 is 41.0 Å². The van der Waals surface area contributed by atoms with E-state index in [1.165, 1.54) is 0 Å². The average Bonchev–Trinajstić information content (AvgIpc) is 3.12. The van der Waals surface area contributed by atoms with Crippen molar-refractivity contribution in [2.24, 2.45) is 4.99 Å². The van der Waals surface area contributed by atoms with Crippen molar-refractivity contribution >= 4 is 29.3 Å². The third-order valence-corrected chi connectivity index (χ3v) is 9.50. The second-order valence-electron chi connectivity index (χ2n) is 7.44. The Hall–Kier alpha value is -1.02. The van der Waals surface area contributed by atoms with Gasteiger partial charge in [0.25, 0.3) is 5.79 Å². The first-order valence-corrected chi connectivity index (χ1v) is 13.2. The number of aliphatic hydroxyl groups excluding tert-OH is 2. The molecule has 6 fully saturated rings. The number of nitrogens with zero attached hydrogens (tertiary/aromatic N) is 3. The highest BCUT2D eigenvalue weighted by molar-refractivity contribution is 7.50. The van der Waals surface area contributed by atoms with Crippen molar-refractivity contribution in [1.29, 1.82) is 0 Å². The van der Waals surface area contributed by atoms with Crippen LogP contribution >= 0.6 is 23.5 Å². The number of aliphatic imine (C=N–C) groups is 1. The predicted octanol–water partition coefficient (Wildman–Crippen LogP) is -1.44. The zero-order valence-corrected chi connectivity index (χ0v) is 17.9. The van der Waals surface area contributed by atoms with E-state index in [-0.39, 0.29) is 10.8 Å². The van der Waals surface area contributed by atoms with Crippen LogP contribution in [0.1, 0.15) is 0 Å². The Morgan fingerprint density at radius 3 is 2.67 bits per heavy atom. The van der Waals surface area contributed by atoms with Gasteiger partial charge in [0, 0.05) is 0 Å². The molecule has 0 aromatic carbocycles. The van der Waals surface area contributed by atoms with Gasteiger partial charge in [-0.3, -0.25) is 14.2 Å². The average molecular weight is 535 g/mol. The number of ether oxygens (including phenoxy) is 1. The smallest absolute Gasteiger partial charge is 0.391 e. The van der Waals surface area contributed by atoms with E-state index in [0.29, 0.717) is 0 Å². The lowest BCUT2D eigenvalue weighted by atomic mass is 9.96. The Morgan fingerprint density at radius 2 is 1.88 bits per heavy atom. The molecule has 0 aromatic rings. The Kier molecular flexibility index (Phi) is 3.20. The number of phosphoric ester groups is 2. The minimum absolute atomic E-state index is 0.171. The van der Waals surface area contributed by atoms with E-state index in [1.54, 1.807) is 0 Å². The summed E-state index contributed by atoms with van der Waals surface area (Å²) in [6.07, 6.45) is -2.42. The lowest BCUT2D eigenvalue weighted by molar-refractivity contribution is -0.466. The maximum Gasteiger partial charge on any atom is 0.583 e. The highest BCUT2D eigenvalue weighted by Gasteiger charge is 3.02. The zero-order valence-electron chi connectivity index (χ0n) is 15.2. The molecule has 8 heterocycles. The van der Waals surface area contributed by atoms with E-state index >= 15 is 0 Å². The topological polar surface area (TPSA) is 232 Å². The molecule has 5 unspecified atom stereocenters. The second kappa shape index (κ2) is 5.23. The molecule has 180 valence electrons. The van der Waals surface area contributed by atoms with Crippen LogP contribution in [0.15, 0.2) is 16.4 Å². The van der Waals surface area contributed by atoms with Gasteiger partial charge < -0.3 is 19.8 Å². The molecule has 3 spiro atoms. The van der Waals surface area contributed by atoms with Gasteiger partial charge in [-0.1, -0.05) is 5.23 Å². The first-order valence-electron chi connectivity index (χ1n) is 8.81. The van der Waals surface area contributed by atoms with E-state index in [0.717, 1.165) is 4.90 Å². The zero-order chi connectivity index (χ0) is 22.9. The summed E-state index contributed by atoms with van der Waals surface area (Å²) in [5, 5.41) is 32.6. The molecule has 0 aliphatic carbocycles. The Labute approximate surface area is 179 Å². The Morgan fingerprint density at radius 1 is 1.09 bits per heavy atom. The minimum atomic E-state index is -5.15. The highest BCUT2D eigenvalue weighted by atomic mass is 31.2. The van der Waals surface area contributed by atoms with Crippen molar-refractivity contribution < 1.29 is 79.7 Å². The molecule has 33 heavy (non-hydrogen) atoms. The summed E-state index contributed by atoms with van der Waals surface area (Å²) in [5.41, 5.74) is -0.339. The van der Waals surface area contributed by atoms with Crippen molar-refractivity contribution in [1.82, 2.24) is 10.1 Å². The summed E-state index contributed by atoms with van der Waals surface area (Å²) in [5.74, 6) is -13.7. The van der Waals surface area contributed by atoms with Gasteiger partial charge in [-0.25, -0.2) is 36.8 Å². The summed E-state index contributed by atoms with van der Waals surface area (Å²) in [6.45, 7) is -1.55. The first-order chi connectivity index (χ1) is 15.5. The number of hydroxylamine groups is 2. The summed E-state index contributed by atoms with van der Waals surface area (Å²) >= 11 is 0. The van der Waals surface area contributed by atoms with Crippen molar-refractivity contribution in [2.75, 3.05) is 13.3 Å². The summed E-state index contributed by atoms with van der Waals surface area (Å²) < 4.78 is 91.9. The maximum atomic E-state index is 13.5. The third-order valence-electron chi connectivity index (χ3n) is 5.76. The minimum Gasteiger partial charge on any atom is -0.391 e. The van der Waals surface area contributed by atoms with E-state index in [9.17, 15) is 29.0 Å². The summed E-state index contributed by atoms with van der Waals surface area (Å²) in [7, 11) is -15.0. The maximum absolute atomic E-state index is 13.5. The molecule has 9 bridgehead atoms. The molecule has 8 rings (SSSR count). The first kappa shape index (κ1) is 20.2.